The van der Waals surface area contributed by atoms with Crippen LogP contribution in [0.3, 0.4) is 0 Å². The van der Waals surface area contributed by atoms with Gasteiger partial charge in [0.15, 0.2) is 5.96 Å². The average molecular weight is 402 g/mol. The number of aliphatic imine (C=N–C) groups is 1. The maximum Gasteiger partial charge on any atom is 0.253 e. The minimum atomic E-state index is -0.551. The SMILES string of the molecule is CCNC(=NCCc1c(F)cccc1F)NCCc1cccc(C(=O)N(C)C)c1. The number of amides is 1. The molecule has 2 rings (SSSR count). The summed E-state index contributed by atoms with van der Waals surface area (Å²) in [4.78, 5) is 18.0. The number of carbonyl (C=O) groups excluding carboxylic acids is 1. The molecule has 0 atom stereocenters. The normalized spacial score (nSPS) is 11.3. The van der Waals surface area contributed by atoms with Gasteiger partial charge in [0.05, 0.1) is 0 Å². The van der Waals surface area contributed by atoms with Gasteiger partial charge in [-0.3, -0.25) is 9.79 Å². The molecule has 0 aliphatic carbocycles. The Kier molecular flexibility index (Phi) is 8.58. The van der Waals surface area contributed by atoms with Gasteiger partial charge in [-0.05, 0) is 49.6 Å². The first kappa shape index (κ1) is 22.3. The summed E-state index contributed by atoms with van der Waals surface area (Å²) < 4.78 is 27.4. The number of hydrogen-bond acceptors (Lipinski definition) is 2. The molecule has 0 aliphatic heterocycles. The van der Waals surface area contributed by atoms with E-state index in [0.717, 1.165) is 5.56 Å². The van der Waals surface area contributed by atoms with Gasteiger partial charge in [0, 0.05) is 44.9 Å². The van der Waals surface area contributed by atoms with Gasteiger partial charge >= 0.3 is 0 Å². The molecular weight excluding hydrogens is 374 g/mol. The lowest BCUT2D eigenvalue weighted by atomic mass is 10.1. The Morgan fingerprint density at radius 2 is 1.72 bits per heavy atom. The highest BCUT2D eigenvalue weighted by molar-refractivity contribution is 5.94. The largest absolute Gasteiger partial charge is 0.357 e. The first-order chi connectivity index (χ1) is 13.9. The maximum atomic E-state index is 13.7. The van der Waals surface area contributed by atoms with E-state index in [1.165, 1.54) is 18.2 Å². The molecule has 0 unspecified atom stereocenters. The van der Waals surface area contributed by atoms with Crippen molar-refractivity contribution in [3.05, 3.63) is 70.8 Å². The third-order valence-electron chi connectivity index (χ3n) is 4.32. The summed E-state index contributed by atoms with van der Waals surface area (Å²) in [5, 5.41) is 6.33. The van der Waals surface area contributed by atoms with Crippen LogP contribution < -0.4 is 10.6 Å². The van der Waals surface area contributed by atoms with E-state index in [4.69, 9.17) is 0 Å². The number of hydrogen-bond donors (Lipinski definition) is 2. The van der Waals surface area contributed by atoms with Crippen molar-refractivity contribution in [3.63, 3.8) is 0 Å². The highest BCUT2D eigenvalue weighted by atomic mass is 19.1. The summed E-state index contributed by atoms with van der Waals surface area (Å²) in [6.07, 6.45) is 0.894. The van der Waals surface area contributed by atoms with Crippen LogP contribution >= 0.6 is 0 Å². The fourth-order valence-electron chi connectivity index (χ4n) is 2.84. The molecule has 2 aromatic rings. The summed E-state index contributed by atoms with van der Waals surface area (Å²) in [6.45, 7) is 3.50. The molecule has 2 N–H and O–H groups in total. The molecule has 5 nitrogen and oxygen atoms in total. The molecule has 156 valence electrons. The number of guanidine groups is 1. The van der Waals surface area contributed by atoms with Crippen molar-refractivity contribution in [2.75, 3.05) is 33.7 Å². The summed E-state index contributed by atoms with van der Waals surface area (Å²) in [7, 11) is 3.45. The van der Waals surface area contributed by atoms with Gasteiger partial charge in [-0.1, -0.05) is 18.2 Å². The van der Waals surface area contributed by atoms with Crippen LogP contribution in [0.1, 0.15) is 28.4 Å². The van der Waals surface area contributed by atoms with Crippen molar-refractivity contribution in [2.45, 2.75) is 19.8 Å². The Bertz CT molecular complexity index is 832. The summed E-state index contributed by atoms with van der Waals surface area (Å²) in [5.41, 5.74) is 1.74. The first-order valence-electron chi connectivity index (χ1n) is 9.68. The Morgan fingerprint density at radius 3 is 2.38 bits per heavy atom. The fourth-order valence-corrected chi connectivity index (χ4v) is 2.84. The van der Waals surface area contributed by atoms with Gasteiger partial charge < -0.3 is 15.5 Å². The number of nitrogens with zero attached hydrogens (tertiary/aromatic N) is 2. The van der Waals surface area contributed by atoms with Crippen LogP contribution in [-0.4, -0.2) is 50.5 Å². The summed E-state index contributed by atoms with van der Waals surface area (Å²) in [6, 6.07) is 11.4. The van der Waals surface area contributed by atoms with Crippen LogP contribution in [0.15, 0.2) is 47.5 Å². The molecule has 7 heteroatoms. The van der Waals surface area contributed by atoms with Gasteiger partial charge in [-0.2, -0.15) is 0 Å². The predicted molar refractivity (Wildman–Crippen MR) is 112 cm³/mol. The van der Waals surface area contributed by atoms with E-state index in [0.29, 0.717) is 31.0 Å². The van der Waals surface area contributed by atoms with Crippen molar-refractivity contribution >= 4 is 11.9 Å². The van der Waals surface area contributed by atoms with E-state index in [9.17, 15) is 13.6 Å². The molecule has 0 heterocycles. The second kappa shape index (κ2) is 11.1. The molecule has 0 saturated heterocycles. The second-order valence-electron chi connectivity index (χ2n) is 6.79. The third-order valence-corrected chi connectivity index (χ3v) is 4.32. The molecule has 0 spiro atoms. The molecule has 2 aromatic carbocycles. The zero-order chi connectivity index (χ0) is 21.2. The van der Waals surface area contributed by atoms with Crippen LogP contribution in [0, 0.1) is 11.6 Å². The molecular formula is C22H28F2N4O. The Labute approximate surface area is 170 Å². The van der Waals surface area contributed by atoms with Gasteiger partial charge in [0.2, 0.25) is 0 Å². The third kappa shape index (κ3) is 6.85. The van der Waals surface area contributed by atoms with Gasteiger partial charge in [0.1, 0.15) is 11.6 Å². The standard InChI is InChI=1S/C22H28F2N4O/c1-4-25-22(27-14-12-18-19(23)9-6-10-20(18)24)26-13-11-16-7-5-8-17(15-16)21(29)28(2)3/h5-10,15H,4,11-14H2,1-3H3,(H2,25,26,27). The highest BCUT2D eigenvalue weighted by Crippen LogP contribution is 2.12. The van der Waals surface area contributed by atoms with Crippen molar-refractivity contribution in [3.8, 4) is 0 Å². The van der Waals surface area contributed by atoms with E-state index in [1.807, 2.05) is 25.1 Å². The van der Waals surface area contributed by atoms with Crippen LogP contribution in [0.2, 0.25) is 0 Å². The van der Waals surface area contributed by atoms with E-state index in [1.54, 1.807) is 25.1 Å². The molecule has 1 amide bonds. The van der Waals surface area contributed by atoms with Crippen molar-refractivity contribution in [1.29, 1.82) is 0 Å². The molecule has 0 saturated carbocycles. The van der Waals surface area contributed by atoms with Crippen molar-refractivity contribution < 1.29 is 13.6 Å². The van der Waals surface area contributed by atoms with E-state index >= 15 is 0 Å². The molecule has 0 radical (unpaired) electrons. The maximum absolute atomic E-state index is 13.7. The van der Waals surface area contributed by atoms with Crippen molar-refractivity contribution in [1.82, 2.24) is 15.5 Å². The number of benzene rings is 2. The lowest BCUT2D eigenvalue weighted by molar-refractivity contribution is 0.0827. The number of halogens is 2. The van der Waals surface area contributed by atoms with Crippen LogP contribution in [0.4, 0.5) is 8.78 Å². The smallest absolute Gasteiger partial charge is 0.253 e. The molecule has 29 heavy (non-hydrogen) atoms. The lowest BCUT2D eigenvalue weighted by Gasteiger charge is -2.13. The van der Waals surface area contributed by atoms with Crippen LogP contribution in [0.25, 0.3) is 0 Å². The molecule has 0 bridgehead atoms. The summed E-state index contributed by atoms with van der Waals surface area (Å²) in [5.74, 6) is -0.546. The zero-order valence-electron chi connectivity index (χ0n) is 17.1. The van der Waals surface area contributed by atoms with Crippen LogP contribution in [0.5, 0.6) is 0 Å². The second-order valence-corrected chi connectivity index (χ2v) is 6.79. The number of nitrogens with one attached hydrogen (secondary N) is 2. The monoisotopic (exact) mass is 402 g/mol. The van der Waals surface area contributed by atoms with E-state index in [2.05, 4.69) is 15.6 Å². The number of carbonyl (C=O) groups is 1. The molecule has 0 aromatic heterocycles. The van der Waals surface area contributed by atoms with Crippen LogP contribution in [-0.2, 0) is 12.8 Å². The molecule has 0 fully saturated rings. The van der Waals surface area contributed by atoms with Gasteiger partial charge in [-0.15, -0.1) is 0 Å². The minimum Gasteiger partial charge on any atom is -0.357 e. The van der Waals surface area contributed by atoms with Gasteiger partial charge in [0.25, 0.3) is 5.91 Å². The minimum absolute atomic E-state index is 0.0323. The first-order valence-corrected chi connectivity index (χ1v) is 9.68. The Balaban J connectivity index is 1.91. The van der Waals surface area contributed by atoms with Crippen molar-refractivity contribution in [2.24, 2.45) is 4.99 Å². The summed E-state index contributed by atoms with van der Waals surface area (Å²) >= 11 is 0. The Morgan fingerprint density at radius 1 is 1.03 bits per heavy atom. The highest BCUT2D eigenvalue weighted by Gasteiger charge is 2.09. The van der Waals surface area contributed by atoms with Gasteiger partial charge in [-0.25, -0.2) is 8.78 Å². The topological polar surface area (TPSA) is 56.7 Å². The van der Waals surface area contributed by atoms with E-state index < -0.39 is 11.6 Å². The fraction of sp³-hybridized carbons (Fsp3) is 0.364. The quantitative estimate of drug-likeness (QED) is 0.527. The zero-order valence-corrected chi connectivity index (χ0v) is 17.1. The lowest BCUT2D eigenvalue weighted by Crippen LogP contribution is -2.38. The number of rotatable bonds is 8. The molecule has 0 aliphatic rings. The van der Waals surface area contributed by atoms with E-state index in [-0.39, 0.29) is 24.4 Å². The predicted octanol–water partition coefficient (Wildman–Crippen LogP) is 3.01. The average Bonchev–Trinajstić information content (AvgIpc) is 2.69. The Hall–Kier alpha value is -2.96.